The third-order valence-electron chi connectivity index (χ3n) is 4.35. The standard InChI is InChI=1S/C19H23N3O/c1-13(2)17-12-22(18-7-5-4-6-16(18)21-17)19(23)10-15-9-8-14(3)20-11-15/h4-9,11,13,17,21H,10,12H2,1-3H3. The molecule has 1 aromatic heterocycles. The second-order valence-electron chi connectivity index (χ2n) is 6.50. The molecule has 1 aliphatic heterocycles. The molecule has 23 heavy (non-hydrogen) atoms. The fourth-order valence-corrected chi connectivity index (χ4v) is 2.86. The van der Waals surface area contributed by atoms with E-state index in [4.69, 9.17) is 0 Å². The van der Waals surface area contributed by atoms with Gasteiger partial charge < -0.3 is 10.2 Å². The zero-order valence-corrected chi connectivity index (χ0v) is 13.9. The summed E-state index contributed by atoms with van der Waals surface area (Å²) in [5, 5.41) is 3.55. The molecule has 0 spiro atoms. The number of hydrogen-bond donors (Lipinski definition) is 1. The smallest absolute Gasteiger partial charge is 0.231 e. The Morgan fingerprint density at radius 2 is 2.09 bits per heavy atom. The number of anilines is 2. The van der Waals surface area contributed by atoms with Crippen LogP contribution in [0.5, 0.6) is 0 Å². The van der Waals surface area contributed by atoms with E-state index in [1.165, 1.54) is 0 Å². The van der Waals surface area contributed by atoms with Crippen LogP contribution in [0.25, 0.3) is 0 Å². The maximum atomic E-state index is 12.9. The number of aryl methyl sites for hydroxylation is 1. The van der Waals surface area contributed by atoms with Crippen molar-refractivity contribution in [3.05, 3.63) is 53.9 Å². The molecule has 1 aromatic carbocycles. The average Bonchev–Trinajstić information content (AvgIpc) is 2.55. The molecule has 1 amide bonds. The van der Waals surface area contributed by atoms with Gasteiger partial charge in [-0.15, -0.1) is 0 Å². The highest BCUT2D eigenvalue weighted by Gasteiger charge is 2.29. The fourth-order valence-electron chi connectivity index (χ4n) is 2.86. The SMILES string of the molecule is Cc1ccc(CC(=O)N2CC(C(C)C)Nc3ccccc32)cn1. The molecule has 2 heterocycles. The number of amides is 1. The highest BCUT2D eigenvalue weighted by Crippen LogP contribution is 2.32. The van der Waals surface area contributed by atoms with E-state index >= 15 is 0 Å². The highest BCUT2D eigenvalue weighted by atomic mass is 16.2. The Hall–Kier alpha value is -2.36. The summed E-state index contributed by atoms with van der Waals surface area (Å²) in [6, 6.07) is 12.2. The Morgan fingerprint density at radius 1 is 1.30 bits per heavy atom. The van der Waals surface area contributed by atoms with Crippen LogP contribution in [0.15, 0.2) is 42.6 Å². The number of para-hydroxylation sites is 2. The molecule has 0 saturated carbocycles. The largest absolute Gasteiger partial charge is 0.379 e. The number of nitrogens with zero attached hydrogens (tertiary/aromatic N) is 2. The van der Waals surface area contributed by atoms with Crippen molar-refractivity contribution < 1.29 is 4.79 Å². The zero-order chi connectivity index (χ0) is 16.4. The summed E-state index contributed by atoms with van der Waals surface area (Å²) < 4.78 is 0. The number of hydrogen-bond acceptors (Lipinski definition) is 3. The molecule has 3 rings (SSSR count). The van der Waals surface area contributed by atoms with Crippen LogP contribution in [-0.2, 0) is 11.2 Å². The third kappa shape index (κ3) is 3.36. The van der Waals surface area contributed by atoms with Crippen molar-refractivity contribution in [2.24, 2.45) is 5.92 Å². The first-order chi connectivity index (χ1) is 11.0. The van der Waals surface area contributed by atoms with Crippen molar-refractivity contribution in [2.45, 2.75) is 33.2 Å². The predicted molar refractivity (Wildman–Crippen MR) is 93.7 cm³/mol. The summed E-state index contributed by atoms with van der Waals surface area (Å²) >= 11 is 0. The van der Waals surface area contributed by atoms with E-state index in [9.17, 15) is 4.79 Å². The molecule has 0 fully saturated rings. The van der Waals surface area contributed by atoms with Gasteiger partial charge in [0.2, 0.25) is 5.91 Å². The number of pyridine rings is 1. The van der Waals surface area contributed by atoms with Crippen LogP contribution in [0.2, 0.25) is 0 Å². The number of benzene rings is 1. The quantitative estimate of drug-likeness (QED) is 0.945. The van der Waals surface area contributed by atoms with E-state index in [1.54, 1.807) is 6.20 Å². The van der Waals surface area contributed by atoms with Crippen molar-refractivity contribution >= 4 is 17.3 Å². The van der Waals surface area contributed by atoms with Gasteiger partial charge in [-0.1, -0.05) is 32.0 Å². The number of fused-ring (bicyclic) bond motifs is 1. The van der Waals surface area contributed by atoms with Gasteiger partial charge in [-0.3, -0.25) is 9.78 Å². The number of aromatic nitrogens is 1. The molecular formula is C19H23N3O. The van der Waals surface area contributed by atoms with E-state index in [-0.39, 0.29) is 11.9 Å². The Bertz CT molecular complexity index is 694. The minimum Gasteiger partial charge on any atom is -0.379 e. The molecule has 1 aliphatic rings. The van der Waals surface area contributed by atoms with E-state index in [2.05, 4.69) is 24.1 Å². The molecule has 0 bridgehead atoms. The van der Waals surface area contributed by atoms with Gasteiger partial charge in [0.05, 0.1) is 17.8 Å². The first kappa shape index (κ1) is 15.5. The third-order valence-corrected chi connectivity index (χ3v) is 4.35. The first-order valence-electron chi connectivity index (χ1n) is 8.12. The van der Waals surface area contributed by atoms with Crippen molar-refractivity contribution in [3.63, 3.8) is 0 Å². The molecule has 0 aliphatic carbocycles. The van der Waals surface area contributed by atoms with Crippen LogP contribution in [0.4, 0.5) is 11.4 Å². The molecule has 1 N–H and O–H groups in total. The van der Waals surface area contributed by atoms with E-state index in [0.717, 1.165) is 22.6 Å². The highest BCUT2D eigenvalue weighted by molar-refractivity contribution is 5.98. The van der Waals surface area contributed by atoms with Gasteiger partial charge in [0.15, 0.2) is 0 Å². The Labute approximate surface area is 137 Å². The number of carbonyl (C=O) groups is 1. The molecule has 0 radical (unpaired) electrons. The minimum atomic E-state index is 0.121. The van der Waals surface area contributed by atoms with Crippen LogP contribution >= 0.6 is 0 Å². The molecule has 1 atom stereocenters. The van der Waals surface area contributed by atoms with E-state index in [1.807, 2.05) is 48.2 Å². The molecular weight excluding hydrogens is 286 g/mol. The van der Waals surface area contributed by atoms with Crippen molar-refractivity contribution in [3.8, 4) is 0 Å². The summed E-state index contributed by atoms with van der Waals surface area (Å²) in [4.78, 5) is 19.0. The lowest BCUT2D eigenvalue weighted by atomic mass is 9.99. The predicted octanol–water partition coefficient (Wildman–Crippen LogP) is 3.42. The van der Waals surface area contributed by atoms with Crippen LogP contribution in [0.3, 0.4) is 0 Å². The van der Waals surface area contributed by atoms with Gasteiger partial charge in [-0.05, 0) is 36.6 Å². The van der Waals surface area contributed by atoms with Crippen molar-refractivity contribution in [1.29, 1.82) is 0 Å². The first-order valence-corrected chi connectivity index (χ1v) is 8.12. The van der Waals surface area contributed by atoms with Crippen molar-refractivity contribution in [1.82, 2.24) is 4.98 Å². The van der Waals surface area contributed by atoms with Gasteiger partial charge in [0, 0.05) is 24.5 Å². The normalized spacial score (nSPS) is 16.9. The lowest BCUT2D eigenvalue weighted by Gasteiger charge is -2.37. The van der Waals surface area contributed by atoms with Crippen LogP contribution in [0.1, 0.15) is 25.1 Å². The van der Waals surface area contributed by atoms with Crippen LogP contribution < -0.4 is 10.2 Å². The van der Waals surface area contributed by atoms with Crippen LogP contribution in [-0.4, -0.2) is 23.5 Å². The van der Waals surface area contributed by atoms with Gasteiger partial charge in [-0.2, -0.15) is 0 Å². The number of rotatable bonds is 3. The summed E-state index contributed by atoms with van der Waals surface area (Å²) in [6.45, 7) is 7.01. The number of nitrogens with one attached hydrogen (secondary N) is 1. The second-order valence-corrected chi connectivity index (χ2v) is 6.50. The maximum Gasteiger partial charge on any atom is 0.231 e. The van der Waals surface area contributed by atoms with E-state index in [0.29, 0.717) is 18.9 Å². The molecule has 0 saturated heterocycles. The summed E-state index contributed by atoms with van der Waals surface area (Å²) in [6.07, 6.45) is 2.17. The second kappa shape index (κ2) is 6.41. The monoisotopic (exact) mass is 309 g/mol. The maximum absolute atomic E-state index is 12.9. The van der Waals surface area contributed by atoms with Crippen LogP contribution in [0, 0.1) is 12.8 Å². The molecule has 1 unspecified atom stereocenters. The minimum absolute atomic E-state index is 0.121. The Balaban J connectivity index is 1.85. The lowest BCUT2D eigenvalue weighted by Crippen LogP contribution is -2.47. The van der Waals surface area contributed by atoms with Gasteiger partial charge in [0.1, 0.15) is 0 Å². The summed E-state index contributed by atoms with van der Waals surface area (Å²) in [5.74, 6) is 0.579. The zero-order valence-electron chi connectivity index (χ0n) is 13.9. The molecule has 2 aromatic rings. The molecule has 120 valence electrons. The average molecular weight is 309 g/mol. The Morgan fingerprint density at radius 3 is 2.78 bits per heavy atom. The Kier molecular flexibility index (Phi) is 4.33. The fraction of sp³-hybridized carbons (Fsp3) is 0.368. The van der Waals surface area contributed by atoms with Crippen molar-refractivity contribution in [2.75, 3.05) is 16.8 Å². The van der Waals surface area contributed by atoms with Gasteiger partial charge >= 0.3 is 0 Å². The topological polar surface area (TPSA) is 45.2 Å². The lowest BCUT2D eigenvalue weighted by molar-refractivity contribution is -0.118. The summed E-state index contributed by atoms with van der Waals surface area (Å²) in [7, 11) is 0. The van der Waals surface area contributed by atoms with Gasteiger partial charge in [-0.25, -0.2) is 0 Å². The van der Waals surface area contributed by atoms with Gasteiger partial charge in [0.25, 0.3) is 0 Å². The molecule has 4 nitrogen and oxygen atoms in total. The number of carbonyl (C=O) groups excluding carboxylic acids is 1. The van der Waals surface area contributed by atoms with E-state index < -0.39 is 0 Å². The molecule has 4 heteroatoms. The summed E-state index contributed by atoms with van der Waals surface area (Å²) in [5.41, 5.74) is 3.92.